The van der Waals surface area contributed by atoms with Gasteiger partial charge in [-0.2, -0.15) is 10.2 Å². The summed E-state index contributed by atoms with van der Waals surface area (Å²) >= 11 is 7.81. The van der Waals surface area contributed by atoms with E-state index in [9.17, 15) is 0 Å². The van der Waals surface area contributed by atoms with Crippen molar-refractivity contribution < 1.29 is 0 Å². The van der Waals surface area contributed by atoms with Crippen LogP contribution in [0.5, 0.6) is 0 Å². The Morgan fingerprint density at radius 2 is 1.79 bits per heavy atom. The van der Waals surface area contributed by atoms with Crippen molar-refractivity contribution in [2.24, 2.45) is 10.2 Å². The van der Waals surface area contributed by atoms with Crippen LogP contribution in [0.2, 0.25) is 5.02 Å². The Kier molecular flexibility index (Phi) is 6.03. The molecule has 3 aromatic rings. The fourth-order valence-electron chi connectivity index (χ4n) is 3.22. The summed E-state index contributed by atoms with van der Waals surface area (Å²) in [5.74, 6) is 3.57. The number of benzene rings is 2. The Bertz CT molecular complexity index is 1030. The molecule has 0 amide bonds. The molecule has 0 spiro atoms. The number of nitrogens with zero attached hydrogens (tertiary/aromatic N) is 4. The van der Waals surface area contributed by atoms with E-state index in [2.05, 4.69) is 45.0 Å². The molecule has 1 aromatic heterocycles. The van der Waals surface area contributed by atoms with Crippen LogP contribution in [-0.4, -0.2) is 21.0 Å². The normalized spacial score (nSPS) is 13.9. The van der Waals surface area contributed by atoms with Crippen LogP contribution in [0.25, 0.3) is 11.3 Å². The quantitative estimate of drug-likeness (QED) is 0.300. The van der Waals surface area contributed by atoms with Gasteiger partial charge in [-0.15, -0.1) is 12.3 Å². The molecule has 4 rings (SSSR count). The van der Waals surface area contributed by atoms with E-state index in [-0.39, 0.29) is 5.66 Å². The van der Waals surface area contributed by atoms with Gasteiger partial charge >= 0.3 is 0 Å². The zero-order valence-electron chi connectivity index (χ0n) is 16.0. The van der Waals surface area contributed by atoms with Gasteiger partial charge in [0.1, 0.15) is 0 Å². The maximum atomic E-state index is 6.07. The number of terminal acetylenes is 1. The van der Waals surface area contributed by atoms with Gasteiger partial charge in [-0.3, -0.25) is 0 Å². The smallest absolute Gasteiger partial charge is 0.192 e. The summed E-state index contributed by atoms with van der Waals surface area (Å²) in [6, 6.07) is 18.3. The molecule has 2 heterocycles. The lowest BCUT2D eigenvalue weighted by Crippen LogP contribution is -2.12. The number of rotatable bonds is 9. The third kappa shape index (κ3) is 4.90. The average molecular weight is 421 g/mol. The Balaban J connectivity index is 1.53. The largest absolute Gasteiger partial charge is 0.314 e. The van der Waals surface area contributed by atoms with Crippen LogP contribution in [0.4, 0.5) is 0 Å². The Morgan fingerprint density at radius 3 is 2.48 bits per heavy atom. The number of halogens is 1. The van der Waals surface area contributed by atoms with Crippen LogP contribution in [0, 0.1) is 12.3 Å². The molecule has 0 N–H and O–H groups in total. The molecule has 29 heavy (non-hydrogen) atoms. The summed E-state index contributed by atoms with van der Waals surface area (Å²) in [6.45, 7) is 0.762. The highest BCUT2D eigenvalue weighted by atomic mass is 35.5. The topological polar surface area (TPSA) is 42.5 Å². The molecule has 6 heteroatoms. The van der Waals surface area contributed by atoms with Gasteiger partial charge in [0.2, 0.25) is 0 Å². The van der Waals surface area contributed by atoms with Crippen molar-refractivity contribution in [1.82, 2.24) is 9.55 Å². The molecule has 0 atom stereocenters. The lowest BCUT2D eigenvalue weighted by molar-refractivity contribution is 0.543. The Hall–Kier alpha value is -2.55. The van der Waals surface area contributed by atoms with Crippen molar-refractivity contribution >= 4 is 23.4 Å². The zero-order valence-corrected chi connectivity index (χ0v) is 17.5. The van der Waals surface area contributed by atoms with Gasteiger partial charge in [-0.25, -0.2) is 4.98 Å². The highest BCUT2D eigenvalue weighted by Gasteiger charge is 2.38. The third-order valence-electron chi connectivity index (χ3n) is 4.93. The standard InChI is InChI=1S/C23H21ClN4S/c1-2-3-13-23(26-27-23)14-15-29-22-25-16-21(19-9-11-20(24)12-10-19)28(22)17-18-7-5-4-6-8-18/h1,4-12,16H,3,13-15,17H2. The maximum absolute atomic E-state index is 6.07. The fraction of sp³-hybridized carbons (Fsp3) is 0.261. The molecular formula is C23H21ClN4S. The number of imidazole rings is 1. The summed E-state index contributed by atoms with van der Waals surface area (Å²) in [7, 11) is 0. The molecule has 1 aliphatic rings. The minimum atomic E-state index is -0.255. The third-order valence-corrected chi connectivity index (χ3v) is 6.17. The van der Waals surface area contributed by atoms with E-state index in [4.69, 9.17) is 23.0 Å². The highest BCUT2D eigenvalue weighted by Crippen LogP contribution is 2.38. The molecule has 0 bridgehead atoms. The van der Waals surface area contributed by atoms with Crippen molar-refractivity contribution in [3.8, 4) is 23.6 Å². The first-order valence-corrected chi connectivity index (χ1v) is 10.9. The van der Waals surface area contributed by atoms with Gasteiger partial charge in [0, 0.05) is 30.0 Å². The second-order valence-electron chi connectivity index (χ2n) is 6.99. The molecule has 2 aromatic carbocycles. The van der Waals surface area contributed by atoms with Gasteiger partial charge in [0.25, 0.3) is 0 Å². The van der Waals surface area contributed by atoms with Gasteiger partial charge in [-0.05, 0) is 23.3 Å². The van der Waals surface area contributed by atoms with Crippen LogP contribution < -0.4 is 0 Å². The van der Waals surface area contributed by atoms with Gasteiger partial charge in [-0.1, -0.05) is 65.8 Å². The van der Waals surface area contributed by atoms with Crippen molar-refractivity contribution in [2.75, 3.05) is 5.75 Å². The lowest BCUT2D eigenvalue weighted by atomic mass is 10.1. The molecular weight excluding hydrogens is 400 g/mol. The minimum absolute atomic E-state index is 0.255. The van der Waals surface area contributed by atoms with E-state index in [1.807, 2.05) is 36.5 Å². The summed E-state index contributed by atoms with van der Waals surface area (Å²) < 4.78 is 2.26. The zero-order chi connectivity index (χ0) is 20.1. The molecule has 4 nitrogen and oxygen atoms in total. The number of hydrogen-bond donors (Lipinski definition) is 0. The van der Waals surface area contributed by atoms with E-state index >= 15 is 0 Å². The first-order chi connectivity index (χ1) is 14.2. The minimum Gasteiger partial charge on any atom is -0.314 e. The predicted molar refractivity (Wildman–Crippen MR) is 119 cm³/mol. The Morgan fingerprint density at radius 1 is 1.03 bits per heavy atom. The molecule has 146 valence electrons. The van der Waals surface area contributed by atoms with Crippen molar-refractivity contribution in [3.05, 3.63) is 71.4 Å². The highest BCUT2D eigenvalue weighted by molar-refractivity contribution is 7.99. The predicted octanol–water partition coefficient (Wildman–Crippen LogP) is 6.31. The summed E-state index contributed by atoms with van der Waals surface area (Å²) in [5.41, 5.74) is 3.16. The van der Waals surface area contributed by atoms with Crippen LogP contribution in [0.15, 0.2) is 76.2 Å². The van der Waals surface area contributed by atoms with E-state index in [0.717, 1.165) is 46.6 Å². The van der Waals surface area contributed by atoms with Gasteiger partial charge in [0.05, 0.1) is 18.4 Å². The lowest BCUT2D eigenvalue weighted by Gasteiger charge is -2.13. The van der Waals surface area contributed by atoms with Crippen LogP contribution in [0.1, 0.15) is 24.8 Å². The molecule has 0 radical (unpaired) electrons. The van der Waals surface area contributed by atoms with E-state index in [1.54, 1.807) is 11.8 Å². The van der Waals surface area contributed by atoms with Crippen molar-refractivity contribution in [2.45, 2.75) is 36.6 Å². The molecule has 0 saturated heterocycles. The Labute approximate surface area is 180 Å². The monoisotopic (exact) mass is 420 g/mol. The molecule has 0 aliphatic carbocycles. The second-order valence-corrected chi connectivity index (χ2v) is 8.49. The first kappa shape index (κ1) is 19.8. The first-order valence-electron chi connectivity index (χ1n) is 9.55. The van der Waals surface area contributed by atoms with Gasteiger partial charge < -0.3 is 4.57 Å². The maximum Gasteiger partial charge on any atom is 0.192 e. The average Bonchev–Trinajstić information content (AvgIpc) is 3.41. The molecule has 0 fully saturated rings. The van der Waals surface area contributed by atoms with Crippen molar-refractivity contribution in [1.29, 1.82) is 0 Å². The molecule has 0 unspecified atom stereocenters. The van der Waals surface area contributed by atoms with E-state index in [1.165, 1.54) is 5.56 Å². The summed E-state index contributed by atoms with van der Waals surface area (Å²) in [5, 5.41) is 10.2. The number of thioether (sulfide) groups is 1. The van der Waals surface area contributed by atoms with E-state index in [0.29, 0.717) is 6.42 Å². The summed E-state index contributed by atoms with van der Waals surface area (Å²) in [6.07, 6.45) is 9.75. The SMILES string of the molecule is C#CCCC1(CCSc2ncc(-c3ccc(Cl)cc3)n2Cc2ccccc2)N=N1. The van der Waals surface area contributed by atoms with Crippen molar-refractivity contribution in [3.63, 3.8) is 0 Å². The number of hydrogen-bond acceptors (Lipinski definition) is 4. The fourth-order valence-corrected chi connectivity index (χ4v) is 4.40. The summed E-state index contributed by atoms with van der Waals surface area (Å²) in [4.78, 5) is 4.71. The second kappa shape index (κ2) is 8.86. The molecule has 1 aliphatic heterocycles. The van der Waals surface area contributed by atoms with Crippen LogP contribution in [-0.2, 0) is 6.54 Å². The van der Waals surface area contributed by atoms with Crippen LogP contribution in [0.3, 0.4) is 0 Å². The van der Waals surface area contributed by atoms with Gasteiger partial charge in [0.15, 0.2) is 10.8 Å². The van der Waals surface area contributed by atoms with Crippen LogP contribution >= 0.6 is 23.4 Å². The van der Waals surface area contributed by atoms with E-state index < -0.39 is 0 Å². The molecule has 0 saturated carbocycles. The number of aromatic nitrogens is 2.